The fraction of sp³-hybridized carbons (Fsp3) is 0.889. The number of allylic oxidation sites excluding steroid dienone is 1. The predicted molar refractivity (Wildman–Crippen MR) is 132 cm³/mol. The van der Waals surface area contributed by atoms with Crippen LogP contribution in [-0.2, 0) is 4.79 Å². The van der Waals surface area contributed by atoms with Gasteiger partial charge in [0.05, 0.1) is 0 Å². The molecule has 2 atom stereocenters. The Bertz CT molecular complexity index is 465. The second-order valence-corrected chi connectivity index (χ2v) is 10.5. The van der Waals surface area contributed by atoms with E-state index in [0.29, 0.717) is 0 Å². The molecule has 0 aromatic carbocycles. The molecule has 3 nitrogen and oxygen atoms in total. The molecule has 30 heavy (non-hydrogen) atoms. The molecule has 1 aliphatic rings. The van der Waals surface area contributed by atoms with Gasteiger partial charge in [0.15, 0.2) is 0 Å². The van der Waals surface area contributed by atoms with Gasteiger partial charge in [-0.15, -0.1) is 0 Å². The van der Waals surface area contributed by atoms with Crippen molar-refractivity contribution in [1.82, 2.24) is 10.2 Å². The summed E-state index contributed by atoms with van der Waals surface area (Å²) in [5.74, 6) is 2.62. The van der Waals surface area contributed by atoms with Gasteiger partial charge in [0, 0.05) is 19.2 Å². The molecule has 0 aromatic heterocycles. The highest BCUT2D eigenvalue weighted by atomic mass is 16.1. The van der Waals surface area contributed by atoms with Crippen LogP contribution in [0, 0.1) is 17.8 Å². The van der Waals surface area contributed by atoms with Crippen molar-refractivity contribution in [3.8, 4) is 0 Å². The first-order chi connectivity index (χ1) is 14.4. The van der Waals surface area contributed by atoms with Gasteiger partial charge in [0.2, 0.25) is 5.91 Å². The van der Waals surface area contributed by atoms with Crippen molar-refractivity contribution in [2.24, 2.45) is 17.8 Å². The van der Waals surface area contributed by atoms with Crippen LogP contribution in [0.15, 0.2) is 11.6 Å². The van der Waals surface area contributed by atoms with Crippen molar-refractivity contribution >= 4 is 5.91 Å². The first-order valence-corrected chi connectivity index (χ1v) is 13.0. The summed E-state index contributed by atoms with van der Waals surface area (Å²) in [6.45, 7) is 15.7. The van der Waals surface area contributed by atoms with Crippen molar-refractivity contribution < 1.29 is 4.79 Å². The van der Waals surface area contributed by atoms with Crippen LogP contribution < -0.4 is 5.32 Å². The van der Waals surface area contributed by atoms with Gasteiger partial charge in [-0.3, -0.25) is 4.79 Å². The lowest BCUT2D eigenvalue weighted by Gasteiger charge is -2.26. The van der Waals surface area contributed by atoms with Crippen LogP contribution in [0.5, 0.6) is 0 Å². The van der Waals surface area contributed by atoms with E-state index in [9.17, 15) is 4.79 Å². The number of nitrogens with zero attached hydrogens (tertiary/aromatic N) is 1. The molecular formula is C27H52N2O. The van der Waals surface area contributed by atoms with Crippen molar-refractivity contribution in [1.29, 1.82) is 0 Å². The molecule has 0 radical (unpaired) electrons. The molecule has 2 unspecified atom stereocenters. The lowest BCUT2D eigenvalue weighted by molar-refractivity contribution is -0.116. The van der Waals surface area contributed by atoms with E-state index in [1.807, 2.05) is 6.08 Å². The highest BCUT2D eigenvalue weighted by molar-refractivity contribution is 5.88. The molecule has 1 fully saturated rings. The highest BCUT2D eigenvalue weighted by Gasteiger charge is 2.10. The monoisotopic (exact) mass is 420 g/mol. The molecule has 1 aliphatic heterocycles. The number of amides is 1. The fourth-order valence-corrected chi connectivity index (χ4v) is 4.57. The summed E-state index contributed by atoms with van der Waals surface area (Å²) >= 11 is 0. The molecule has 1 saturated heterocycles. The van der Waals surface area contributed by atoms with Crippen molar-refractivity contribution in [2.45, 2.75) is 112 Å². The minimum atomic E-state index is 0.0870. The molecule has 0 aromatic rings. The summed E-state index contributed by atoms with van der Waals surface area (Å²) in [6.07, 6.45) is 17.6. The standard InChI is InChI=1S/C27H52N2O/c1-23(2)12-9-13-24(3)14-10-15-25(4)16-11-17-26(5)22-27(30)28-18-21-29-19-7-6-8-20-29/h22-25H,6-21H2,1-5H3,(H,28,30). The fourth-order valence-electron chi connectivity index (χ4n) is 4.57. The lowest BCUT2D eigenvalue weighted by Crippen LogP contribution is -2.37. The molecule has 0 aliphatic carbocycles. The SMILES string of the molecule is CC(=CC(=O)NCCN1CCCCC1)CCCC(C)CCCC(C)CCCC(C)C. The molecular weight excluding hydrogens is 368 g/mol. The number of piperidine rings is 1. The zero-order valence-corrected chi connectivity index (χ0v) is 21.0. The summed E-state index contributed by atoms with van der Waals surface area (Å²) in [5.41, 5.74) is 1.22. The lowest BCUT2D eigenvalue weighted by atomic mass is 9.91. The summed E-state index contributed by atoms with van der Waals surface area (Å²) in [7, 11) is 0. The Kier molecular flexibility index (Phi) is 15.2. The molecule has 1 N–H and O–H groups in total. The van der Waals surface area contributed by atoms with Crippen molar-refractivity contribution in [3.05, 3.63) is 11.6 Å². The molecule has 0 spiro atoms. The smallest absolute Gasteiger partial charge is 0.243 e. The Morgan fingerprint density at radius 1 is 0.867 bits per heavy atom. The normalized spacial score (nSPS) is 17.9. The summed E-state index contributed by atoms with van der Waals surface area (Å²) < 4.78 is 0. The average Bonchev–Trinajstić information content (AvgIpc) is 2.68. The van der Waals surface area contributed by atoms with Gasteiger partial charge in [0.1, 0.15) is 0 Å². The Morgan fingerprint density at radius 2 is 1.43 bits per heavy atom. The van der Waals surface area contributed by atoms with Gasteiger partial charge in [-0.25, -0.2) is 0 Å². The Balaban J connectivity index is 2.04. The van der Waals surface area contributed by atoms with Crippen LogP contribution >= 0.6 is 0 Å². The molecule has 176 valence electrons. The second-order valence-electron chi connectivity index (χ2n) is 10.5. The van der Waals surface area contributed by atoms with Crippen LogP contribution in [-0.4, -0.2) is 37.0 Å². The van der Waals surface area contributed by atoms with Gasteiger partial charge in [-0.1, -0.05) is 84.6 Å². The first kappa shape index (κ1) is 27.2. The van der Waals surface area contributed by atoms with Gasteiger partial charge in [-0.2, -0.15) is 0 Å². The van der Waals surface area contributed by atoms with Crippen molar-refractivity contribution in [2.75, 3.05) is 26.2 Å². The molecule has 1 heterocycles. The van der Waals surface area contributed by atoms with E-state index in [0.717, 1.165) is 37.3 Å². The van der Waals surface area contributed by atoms with E-state index in [1.165, 1.54) is 89.3 Å². The van der Waals surface area contributed by atoms with E-state index in [1.54, 1.807) is 0 Å². The van der Waals surface area contributed by atoms with Gasteiger partial charge in [0.25, 0.3) is 0 Å². The van der Waals surface area contributed by atoms with Crippen LogP contribution in [0.25, 0.3) is 0 Å². The van der Waals surface area contributed by atoms with Crippen LogP contribution in [0.2, 0.25) is 0 Å². The van der Waals surface area contributed by atoms with E-state index < -0.39 is 0 Å². The second kappa shape index (κ2) is 16.8. The van der Waals surface area contributed by atoms with Crippen LogP contribution in [0.1, 0.15) is 112 Å². The molecule has 1 amide bonds. The summed E-state index contributed by atoms with van der Waals surface area (Å²) in [6, 6.07) is 0. The Morgan fingerprint density at radius 3 is 2.03 bits per heavy atom. The largest absolute Gasteiger partial charge is 0.351 e. The zero-order chi connectivity index (χ0) is 22.2. The van der Waals surface area contributed by atoms with E-state index in [4.69, 9.17) is 0 Å². The van der Waals surface area contributed by atoms with E-state index >= 15 is 0 Å². The molecule has 1 rings (SSSR count). The third-order valence-electron chi connectivity index (χ3n) is 6.69. The quantitative estimate of drug-likeness (QED) is 0.273. The minimum Gasteiger partial charge on any atom is -0.351 e. The average molecular weight is 421 g/mol. The number of likely N-dealkylation sites (tertiary alicyclic amines) is 1. The Labute approximate surface area is 188 Å². The maximum Gasteiger partial charge on any atom is 0.243 e. The predicted octanol–water partition coefficient (Wildman–Crippen LogP) is 6.97. The Hall–Kier alpha value is -0.830. The van der Waals surface area contributed by atoms with Crippen LogP contribution in [0.3, 0.4) is 0 Å². The third-order valence-corrected chi connectivity index (χ3v) is 6.69. The first-order valence-electron chi connectivity index (χ1n) is 13.0. The summed E-state index contributed by atoms with van der Waals surface area (Å²) in [5, 5.41) is 3.06. The van der Waals surface area contributed by atoms with E-state index in [2.05, 4.69) is 44.8 Å². The maximum absolute atomic E-state index is 12.1. The number of rotatable bonds is 16. The van der Waals surface area contributed by atoms with Crippen LogP contribution in [0.4, 0.5) is 0 Å². The topological polar surface area (TPSA) is 32.3 Å². The maximum atomic E-state index is 12.1. The third kappa shape index (κ3) is 15.0. The van der Waals surface area contributed by atoms with Gasteiger partial charge < -0.3 is 10.2 Å². The number of carbonyl (C=O) groups is 1. The number of hydrogen-bond donors (Lipinski definition) is 1. The number of carbonyl (C=O) groups excluding carboxylic acids is 1. The minimum absolute atomic E-state index is 0.0870. The molecule has 0 bridgehead atoms. The van der Waals surface area contributed by atoms with E-state index in [-0.39, 0.29) is 5.91 Å². The number of hydrogen-bond acceptors (Lipinski definition) is 2. The summed E-state index contributed by atoms with van der Waals surface area (Å²) in [4.78, 5) is 14.6. The zero-order valence-electron chi connectivity index (χ0n) is 21.0. The highest BCUT2D eigenvalue weighted by Crippen LogP contribution is 2.22. The number of nitrogens with one attached hydrogen (secondary N) is 1. The molecule has 3 heteroatoms. The van der Waals surface area contributed by atoms with Gasteiger partial charge >= 0.3 is 0 Å². The van der Waals surface area contributed by atoms with Gasteiger partial charge in [-0.05, 0) is 63.5 Å². The molecule has 0 saturated carbocycles. The van der Waals surface area contributed by atoms with Crippen molar-refractivity contribution in [3.63, 3.8) is 0 Å².